The number of carbonyl (C=O) groups excluding carboxylic acids is 1. The van der Waals surface area contributed by atoms with E-state index in [1.165, 1.54) is 5.54 Å². The highest BCUT2D eigenvalue weighted by atomic mass is 35.5. The minimum Gasteiger partial charge on any atom is -0.481 e. The van der Waals surface area contributed by atoms with Gasteiger partial charge < -0.3 is 10.4 Å². The Morgan fingerprint density at radius 2 is 1.71 bits per heavy atom. The molecule has 2 aromatic heterocycles. The van der Waals surface area contributed by atoms with Crippen molar-refractivity contribution in [2.45, 2.75) is 19.9 Å². The lowest BCUT2D eigenvalue weighted by molar-refractivity contribution is -0.136. The molecule has 0 unspecified atom stereocenters. The van der Waals surface area contributed by atoms with Crippen molar-refractivity contribution in [3.8, 4) is 22.5 Å². The van der Waals surface area contributed by atoms with Crippen molar-refractivity contribution in [3.63, 3.8) is 0 Å². The highest BCUT2D eigenvalue weighted by Gasteiger charge is 2.09. The fourth-order valence-electron chi connectivity index (χ4n) is 3.71. The first kappa shape index (κ1) is 31.1. The molecule has 0 saturated carbocycles. The summed E-state index contributed by atoms with van der Waals surface area (Å²) in [6.45, 7) is 6.17. The smallest absolute Gasteiger partial charge is 0.305 e. The van der Waals surface area contributed by atoms with Gasteiger partial charge in [0, 0.05) is 40.6 Å². The van der Waals surface area contributed by atoms with Crippen LogP contribution in [-0.2, 0) is 11.3 Å². The molecule has 0 spiro atoms. The summed E-state index contributed by atoms with van der Waals surface area (Å²) in [5, 5.41) is 16.3. The Labute approximate surface area is 249 Å². The van der Waals surface area contributed by atoms with Gasteiger partial charge in [-0.05, 0) is 60.5 Å². The summed E-state index contributed by atoms with van der Waals surface area (Å²) in [7, 11) is 0. The first-order valence-corrected chi connectivity index (χ1v) is 13.5. The van der Waals surface area contributed by atoms with Gasteiger partial charge in [0.15, 0.2) is 0 Å². The zero-order valence-electron chi connectivity index (χ0n) is 22.5. The Morgan fingerprint density at radius 3 is 2.32 bits per heavy atom. The summed E-state index contributed by atoms with van der Waals surface area (Å²) in [6.07, 6.45) is 6.78. The second-order valence-corrected chi connectivity index (χ2v) is 9.62. The average molecular weight is 590 g/mol. The number of amides is 1. The number of carbonyl (C=O) groups is 2. The van der Waals surface area contributed by atoms with Gasteiger partial charge in [0.1, 0.15) is 0 Å². The van der Waals surface area contributed by atoms with Crippen molar-refractivity contribution in [3.05, 3.63) is 131 Å². The molecule has 0 fully saturated rings. The maximum atomic E-state index is 12.1. The third-order valence-electron chi connectivity index (χ3n) is 5.64. The van der Waals surface area contributed by atoms with Gasteiger partial charge in [-0.2, -0.15) is 5.10 Å². The number of hydrogen-bond donors (Lipinski definition) is 2. The van der Waals surface area contributed by atoms with Crippen LogP contribution in [0.3, 0.4) is 0 Å². The predicted molar refractivity (Wildman–Crippen MR) is 165 cm³/mol. The Bertz CT molecular complexity index is 1510. The number of nitrogens with zero attached hydrogens (tertiary/aromatic N) is 3. The molecule has 0 aliphatic carbocycles. The first-order chi connectivity index (χ1) is 19.8. The third-order valence-corrected chi connectivity index (χ3v) is 6.00. The molecule has 0 saturated heterocycles. The molecule has 2 aromatic carbocycles. The van der Waals surface area contributed by atoms with Crippen LogP contribution in [-0.4, -0.2) is 38.3 Å². The number of benzene rings is 2. The number of nitrogens with one attached hydrogen (secondary N) is 1. The molecular weight excluding hydrogens is 559 g/mol. The van der Waals surface area contributed by atoms with Crippen LogP contribution in [0, 0.1) is 0 Å². The van der Waals surface area contributed by atoms with Crippen molar-refractivity contribution in [2.24, 2.45) is 0 Å². The summed E-state index contributed by atoms with van der Waals surface area (Å²) in [5.74, 6) is -1.23. The second-order valence-electron chi connectivity index (χ2n) is 8.93. The van der Waals surface area contributed by atoms with Gasteiger partial charge in [-0.15, -0.1) is 0 Å². The van der Waals surface area contributed by atoms with Crippen LogP contribution < -0.4 is 5.32 Å². The Morgan fingerprint density at radius 1 is 1.00 bits per heavy atom. The van der Waals surface area contributed by atoms with Crippen molar-refractivity contribution in [1.82, 2.24) is 20.1 Å². The van der Waals surface area contributed by atoms with Gasteiger partial charge >= 0.3 is 5.97 Å². The van der Waals surface area contributed by atoms with Crippen LogP contribution in [0.1, 0.15) is 29.3 Å². The van der Waals surface area contributed by atoms with Crippen LogP contribution in [0.5, 0.6) is 0 Å². The van der Waals surface area contributed by atoms with Gasteiger partial charge in [-0.3, -0.25) is 19.3 Å². The molecule has 9 heteroatoms. The summed E-state index contributed by atoms with van der Waals surface area (Å²) in [4.78, 5) is 27.0. The fraction of sp³-hybridized carbons (Fsp3) is 0.125. The van der Waals surface area contributed by atoms with Crippen LogP contribution >= 0.6 is 23.2 Å². The van der Waals surface area contributed by atoms with Gasteiger partial charge in [0.05, 0.1) is 24.4 Å². The monoisotopic (exact) mass is 588 g/mol. The van der Waals surface area contributed by atoms with Crippen molar-refractivity contribution in [1.29, 1.82) is 0 Å². The van der Waals surface area contributed by atoms with Crippen LogP contribution in [0.25, 0.3) is 22.5 Å². The second kappa shape index (κ2) is 16.0. The zero-order valence-corrected chi connectivity index (χ0v) is 24.0. The predicted octanol–water partition coefficient (Wildman–Crippen LogP) is 7.30. The zero-order chi connectivity index (χ0) is 29.6. The number of carboxylic acids is 1. The molecule has 1 amide bonds. The normalized spacial score (nSPS) is 11.0. The highest BCUT2D eigenvalue weighted by molar-refractivity contribution is 6.33. The Hall–Kier alpha value is -4.46. The summed E-state index contributed by atoms with van der Waals surface area (Å²) in [6, 6.07) is 23.3. The highest BCUT2D eigenvalue weighted by Crippen LogP contribution is 2.24. The third kappa shape index (κ3) is 10.2. The van der Waals surface area contributed by atoms with Crippen LogP contribution in [0.15, 0.2) is 120 Å². The van der Waals surface area contributed by atoms with E-state index in [4.69, 9.17) is 28.3 Å². The first-order valence-electron chi connectivity index (χ1n) is 12.7. The number of aliphatic carboxylic acids is 1. The SMILES string of the molecule is C=C(C)/C=C(Cl)\C=C\Cl.O=C(O)CCNC(=O)c1ccc(Cn2nccc2-c2ccc(-c3ccccn3)cc2)cc1. The Kier molecular flexibility index (Phi) is 12.1. The van der Waals surface area contributed by atoms with E-state index in [2.05, 4.69) is 34.1 Å². The number of allylic oxidation sites excluding steroid dienone is 4. The van der Waals surface area contributed by atoms with E-state index in [9.17, 15) is 9.59 Å². The average Bonchev–Trinajstić information content (AvgIpc) is 3.42. The lowest BCUT2D eigenvalue weighted by Gasteiger charge is -2.10. The molecule has 7 nitrogen and oxygen atoms in total. The van der Waals surface area contributed by atoms with E-state index in [0.29, 0.717) is 17.1 Å². The molecule has 4 aromatic rings. The standard InChI is InChI=1S/C25H22N4O3.C7H8Cl2/c30-24(31)13-15-27-25(32)21-6-4-18(5-7-21)17-29-23(12-16-28-29)20-10-8-19(9-11-20)22-3-1-2-14-26-22;1-6(2)5-7(9)3-4-8/h1-12,14,16H,13,15,17H2,(H,27,32)(H,30,31);3-5H,1H2,2H3/b;4-3+,7-5+. The number of pyridine rings is 1. The molecule has 210 valence electrons. The topological polar surface area (TPSA) is 97.1 Å². The van der Waals surface area contributed by atoms with Crippen molar-refractivity contribution < 1.29 is 14.7 Å². The van der Waals surface area contributed by atoms with E-state index >= 15 is 0 Å². The van der Waals surface area contributed by atoms with Crippen LogP contribution in [0.2, 0.25) is 0 Å². The largest absolute Gasteiger partial charge is 0.481 e. The number of halogens is 2. The fourth-order valence-corrected chi connectivity index (χ4v) is 4.16. The van der Waals surface area contributed by atoms with Crippen LogP contribution in [0.4, 0.5) is 0 Å². The maximum absolute atomic E-state index is 12.1. The molecule has 2 N–H and O–H groups in total. The van der Waals surface area contributed by atoms with Gasteiger partial charge in [0.25, 0.3) is 5.91 Å². The molecular formula is C32H30Cl2N4O3. The lowest BCUT2D eigenvalue weighted by Crippen LogP contribution is -2.25. The molecule has 0 aliphatic heterocycles. The molecule has 4 rings (SSSR count). The molecule has 0 aliphatic rings. The molecule has 41 heavy (non-hydrogen) atoms. The van der Waals surface area contributed by atoms with E-state index in [0.717, 1.165) is 33.7 Å². The lowest BCUT2D eigenvalue weighted by atomic mass is 10.1. The number of carboxylic acid groups (broad SMARTS) is 1. The quantitative estimate of drug-likeness (QED) is 0.189. The van der Waals surface area contributed by atoms with E-state index in [-0.39, 0.29) is 18.9 Å². The molecule has 2 heterocycles. The van der Waals surface area contributed by atoms with E-state index in [1.54, 1.807) is 36.7 Å². The van der Waals surface area contributed by atoms with Crippen molar-refractivity contribution in [2.75, 3.05) is 6.54 Å². The number of aromatic nitrogens is 3. The summed E-state index contributed by atoms with van der Waals surface area (Å²) >= 11 is 10.8. The maximum Gasteiger partial charge on any atom is 0.305 e. The Balaban J connectivity index is 0.000000445. The van der Waals surface area contributed by atoms with Crippen molar-refractivity contribution >= 4 is 35.1 Å². The minimum absolute atomic E-state index is 0.102. The number of rotatable bonds is 10. The molecule has 0 atom stereocenters. The molecule has 0 bridgehead atoms. The van der Waals surface area contributed by atoms with E-state index in [1.807, 2.05) is 60.1 Å². The molecule has 0 radical (unpaired) electrons. The van der Waals surface area contributed by atoms with Gasteiger partial charge in [-0.25, -0.2) is 0 Å². The van der Waals surface area contributed by atoms with Gasteiger partial charge in [0.2, 0.25) is 0 Å². The summed E-state index contributed by atoms with van der Waals surface area (Å²) < 4.78 is 1.91. The summed E-state index contributed by atoms with van der Waals surface area (Å²) in [5.41, 5.74) is 7.80. The number of hydrogen-bond acceptors (Lipinski definition) is 4. The van der Waals surface area contributed by atoms with E-state index < -0.39 is 5.97 Å². The van der Waals surface area contributed by atoms with Gasteiger partial charge in [-0.1, -0.05) is 77.8 Å². The minimum atomic E-state index is -0.943.